The van der Waals surface area contributed by atoms with Gasteiger partial charge in [0.05, 0.1) is 4.47 Å². The zero-order chi connectivity index (χ0) is 19.1. The number of carbonyl (C=O) groups excluding carboxylic acids is 1. The molecule has 1 heterocycles. The predicted octanol–water partition coefficient (Wildman–Crippen LogP) is 5.29. The van der Waals surface area contributed by atoms with Crippen molar-refractivity contribution in [2.24, 2.45) is 0 Å². The van der Waals surface area contributed by atoms with Gasteiger partial charge in [0, 0.05) is 35.6 Å². The van der Waals surface area contributed by atoms with Gasteiger partial charge in [-0.25, -0.2) is 4.98 Å². The molecule has 6 nitrogen and oxygen atoms in total. The molecular formula is C19H17BrClN5O. The maximum atomic E-state index is 11.6. The number of nitrogens with one attached hydrogen (secondary N) is 3. The number of nitrogens with zero attached hydrogens (tertiary/aromatic N) is 2. The van der Waals surface area contributed by atoms with Gasteiger partial charge in [-0.15, -0.1) is 11.6 Å². The summed E-state index contributed by atoms with van der Waals surface area (Å²) in [6.45, 7) is 0. The van der Waals surface area contributed by atoms with E-state index in [9.17, 15) is 4.79 Å². The highest BCUT2D eigenvalue weighted by Crippen LogP contribution is 2.25. The van der Waals surface area contributed by atoms with Crippen LogP contribution in [0.2, 0.25) is 0 Å². The highest BCUT2D eigenvalue weighted by Gasteiger charge is 2.07. The molecule has 0 aliphatic heterocycles. The molecule has 0 bridgehead atoms. The first-order valence-corrected chi connectivity index (χ1v) is 9.54. The average molecular weight is 447 g/mol. The smallest absolute Gasteiger partial charge is 0.229 e. The number of carbonyl (C=O) groups is 1. The molecule has 0 unspecified atom stereocenters. The molecule has 0 radical (unpaired) electrons. The SMILES string of the molecule is O=C(CCCl)Nc1ccc(Nc2ncc(Br)c(Nc3ccccc3)n2)cc1. The summed E-state index contributed by atoms with van der Waals surface area (Å²) < 4.78 is 0.759. The Kier molecular flexibility index (Phi) is 6.62. The monoisotopic (exact) mass is 445 g/mol. The molecule has 2 aromatic carbocycles. The van der Waals surface area contributed by atoms with Crippen LogP contribution in [0.4, 0.5) is 28.8 Å². The maximum Gasteiger partial charge on any atom is 0.229 e. The predicted molar refractivity (Wildman–Crippen MR) is 113 cm³/mol. The van der Waals surface area contributed by atoms with Gasteiger partial charge in [0.2, 0.25) is 11.9 Å². The molecule has 0 aliphatic carbocycles. The Morgan fingerprint density at radius 2 is 1.63 bits per heavy atom. The minimum atomic E-state index is -0.112. The third-order valence-corrected chi connectivity index (χ3v) is 4.30. The van der Waals surface area contributed by atoms with E-state index in [0.717, 1.165) is 15.8 Å². The first kappa shape index (κ1) is 19.1. The van der Waals surface area contributed by atoms with Crippen LogP contribution in [0.3, 0.4) is 0 Å². The zero-order valence-corrected chi connectivity index (χ0v) is 16.6. The van der Waals surface area contributed by atoms with E-state index in [1.165, 1.54) is 0 Å². The summed E-state index contributed by atoms with van der Waals surface area (Å²) in [5, 5.41) is 9.17. The standard InChI is InChI=1S/C19H17BrClN5O/c20-16-12-22-19(26-18(16)24-13-4-2-1-3-5-13)25-15-8-6-14(7-9-15)23-17(27)10-11-21/h1-9,12H,10-11H2,(H,23,27)(H2,22,24,25,26). The summed E-state index contributed by atoms with van der Waals surface area (Å²) >= 11 is 9.01. The number of rotatable bonds is 7. The highest BCUT2D eigenvalue weighted by molar-refractivity contribution is 9.10. The molecule has 3 aromatic rings. The molecule has 3 rings (SSSR count). The van der Waals surface area contributed by atoms with E-state index >= 15 is 0 Å². The van der Waals surface area contributed by atoms with Crippen molar-refractivity contribution >= 4 is 62.3 Å². The van der Waals surface area contributed by atoms with E-state index in [4.69, 9.17) is 11.6 Å². The number of amides is 1. The Bertz CT molecular complexity index is 906. The fourth-order valence-corrected chi connectivity index (χ4v) is 2.71. The van der Waals surface area contributed by atoms with E-state index in [1.807, 2.05) is 42.5 Å². The van der Waals surface area contributed by atoms with Gasteiger partial charge in [-0.2, -0.15) is 4.98 Å². The summed E-state index contributed by atoms with van der Waals surface area (Å²) in [5.41, 5.74) is 2.44. The third kappa shape index (κ3) is 5.67. The molecule has 3 N–H and O–H groups in total. The zero-order valence-electron chi connectivity index (χ0n) is 14.2. The number of para-hydroxylation sites is 1. The van der Waals surface area contributed by atoms with Crippen LogP contribution in [0.5, 0.6) is 0 Å². The van der Waals surface area contributed by atoms with E-state index in [1.54, 1.807) is 18.3 Å². The molecule has 8 heteroatoms. The number of hydrogen-bond donors (Lipinski definition) is 3. The third-order valence-electron chi connectivity index (χ3n) is 3.53. The lowest BCUT2D eigenvalue weighted by Gasteiger charge is -2.11. The molecule has 0 saturated heterocycles. The van der Waals surface area contributed by atoms with Crippen molar-refractivity contribution in [1.82, 2.24) is 9.97 Å². The van der Waals surface area contributed by atoms with Crippen molar-refractivity contribution in [2.75, 3.05) is 21.8 Å². The topological polar surface area (TPSA) is 78.9 Å². The second-order valence-corrected chi connectivity index (χ2v) is 6.80. The summed E-state index contributed by atoms with van der Waals surface area (Å²) in [5.74, 6) is 1.30. The van der Waals surface area contributed by atoms with Gasteiger partial charge in [0.1, 0.15) is 5.82 Å². The number of anilines is 5. The van der Waals surface area contributed by atoms with Crippen molar-refractivity contribution in [2.45, 2.75) is 6.42 Å². The molecule has 0 saturated carbocycles. The molecule has 0 aliphatic rings. The number of hydrogen-bond acceptors (Lipinski definition) is 5. The van der Waals surface area contributed by atoms with Gasteiger partial charge in [0.25, 0.3) is 0 Å². The molecule has 0 fully saturated rings. The molecule has 0 atom stereocenters. The van der Waals surface area contributed by atoms with Gasteiger partial charge >= 0.3 is 0 Å². The van der Waals surface area contributed by atoms with Crippen molar-refractivity contribution in [3.05, 3.63) is 65.3 Å². The Balaban J connectivity index is 1.68. The van der Waals surface area contributed by atoms with Crippen LogP contribution in [0.15, 0.2) is 65.3 Å². The van der Waals surface area contributed by atoms with Gasteiger partial charge in [-0.05, 0) is 52.3 Å². The largest absolute Gasteiger partial charge is 0.339 e. The van der Waals surface area contributed by atoms with Gasteiger partial charge in [-0.1, -0.05) is 18.2 Å². The Hall–Kier alpha value is -2.64. The maximum absolute atomic E-state index is 11.6. The normalized spacial score (nSPS) is 10.3. The van der Waals surface area contributed by atoms with Gasteiger partial charge < -0.3 is 16.0 Å². The summed E-state index contributed by atoms with van der Waals surface area (Å²) in [4.78, 5) is 20.3. The van der Waals surface area contributed by atoms with Crippen LogP contribution in [-0.4, -0.2) is 21.8 Å². The van der Waals surface area contributed by atoms with Crippen molar-refractivity contribution in [1.29, 1.82) is 0 Å². The summed E-state index contributed by atoms with van der Waals surface area (Å²) in [7, 11) is 0. The number of halogens is 2. The number of alkyl halides is 1. The van der Waals surface area contributed by atoms with Crippen LogP contribution < -0.4 is 16.0 Å². The minimum Gasteiger partial charge on any atom is -0.339 e. The Labute approximate surface area is 170 Å². The van der Waals surface area contributed by atoms with Crippen LogP contribution in [0.25, 0.3) is 0 Å². The van der Waals surface area contributed by atoms with E-state index in [-0.39, 0.29) is 12.3 Å². The molecule has 27 heavy (non-hydrogen) atoms. The summed E-state index contributed by atoms with van der Waals surface area (Å²) in [6, 6.07) is 17.0. The lowest BCUT2D eigenvalue weighted by molar-refractivity contribution is -0.115. The van der Waals surface area contributed by atoms with Crippen molar-refractivity contribution in [3.8, 4) is 0 Å². The number of aromatic nitrogens is 2. The lowest BCUT2D eigenvalue weighted by atomic mass is 10.2. The van der Waals surface area contributed by atoms with Gasteiger partial charge in [0.15, 0.2) is 0 Å². The quantitative estimate of drug-likeness (QED) is 0.430. The van der Waals surface area contributed by atoms with Crippen LogP contribution in [0.1, 0.15) is 6.42 Å². The minimum absolute atomic E-state index is 0.112. The highest BCUT2D eigenvalue weighted by atomic mass is 79.9. The van der Waals surface area contributed by atoms with Crippen molar-refractivity contribution < 1.29 is 4.79 Å². The average Bonchev–Trinajstić information content (AvgIpc) is 2.67. The van der Waals surface area contributed by atoms with Gasteiger partial charge in [-0.3, -0.25) is 4.79 Å². The van der Waals surface area contributed by atoms with Crippen LogP contribution in [0, 0.1) is 0 Å². The fraction of sp³-hybridized carbons (Fsp3) is 0.105. The lowest BCUT2D eigenvalue weighted by Crippen LogP contribution is -2.11. The van der Waals surface area contributed by atoms with E-state index < -0.39 is 0 Å². The molecule has 138 valence electrons. The second-order valence-electron chi connectivity index (χ2n) is 5.57. The Morgan fingerprint density at radius 1 is 0.963 bits per heavy atom. The molecule has 1 amide bonds. The molecule has 0 spiro atoms. The van der Waals surface area contributed by atoms with E-state index in [2.05, 4.69) is 41.8 Å². The van der Waals surface area contributed by atoms with Crippen LogP contribution in [-0.2, 0) is 4.79 Å². The first-order valence-electron chi connectivity index (χ1n) is 8.21. The molecular weight excluding hydrogens is 430 g/mol. The Morgan fingerprint density at radius 3 is 2.33 bits per heavy atom. The number of benzene rings is 2. The van der Waals surface area contributed by atoms with Crippen LogP contribution >= 0.6 is 27.5 Å². The van der Waals surface area contributed by atoms with Crippen molar-refractivity contribution in [3.63, 3.8) is 0 Å². The fourth-order valence-electron chi connectivity index (χ4n) is 2.25. The first-order chi connectivity index (χ1) is 13.1. The van der Waals surface area contributed by atoms with E-state index in [0.29, 0.717) is 23.3 Å². The second kappa shape index (κ2) is 9.34. The molecule has 1 aromatic heterocycles. The summed E-state index contributed by atoms with van der Waals surface area (Å²) in [6.07, 6.45) is 1.97.